The molecule has 1 atom stereocenters. The molecule has 0 bridgehead atoms. The van der Waals surface area contributed by atoms with Gasteiger partial charge in [-0.2, -0.15) is 5.56 Å². The molecule has 0 radical (unpaired) electrons. The number of hydrogen-bond acceptors (Lipinski definition) is 0. The van der Waals surface area contributed by atoms with Crippen molar-refractivity contribution in [2.24, 2.45) is 0 Å². The molecule has 16 heavy (non-hydrogen) atoms. The van der Waals surface area contributed by atoms with Crippen molar-refractivity contribution in [3.05, 3.63) is 41.5 Å². The molecule has 1 aromatic rings. The van der Waals surface area contributed by atoms with E-state index in [1.165, 1.54) is 43.2 Å². The Bertz CT molecular complexity index is 341. The fraction of sp³-hybridized carbons (Fsp3) is 0.467. The maximum Gasteiger partial charge on any atom is 1.00 e. The first-order valence-corrected chi connectivity index (χ1v) is 6.10. The third-order valence-electron chi connectivity index (χ3n) is 3.16. The van der Waals surface area contributed by atoms with Crippen LogP contribution >= 0.6 is 0 Å². The van der Waals surface area contributed by atoms with Crippen molar-refractivity contribution in [1.82, 2.24) is 0 Å². The first kappa shape index (κ1) is 14.0. The monoisotopic (exact) mass is 222 g/mol. The van der Waals surface area contributed by atoms with Crippen LogP contribution in [0.15, 0.2) is 24.3 Å². The Kier molecular flexibility index (Phi) is 6.41. The van der Waals surface area contributed by atoms with E-state index < -0.39 is 0 Å². The normalized spacial score (nSPS) is 16.9. The minimum Gasteiger partial charge on any atom is -0.268 e. The Balaban J connectivity index is 0.00000128. The maximum absolute atomic E-state index is 3.47. The number of hydrogen-bond donors (Lipinski definition) is 0. The molecule has 80 valence electrons. The zero-order valence-corrected chi connectivity index (χ0v) is 12.5. The summed E-state index contributed by atoms with van der Waals surface area (Å²) in [5.74, 6) is 0.568. The second kappa shape index (κ2) is 7.32. The van der Waals surface area contributed by atoms with Crippen LogP contribution in [0.1, 0.15) is 56.1 Å². The summed E-state index contributed by atoms with van der Waals surface area (Å²) in [7, 11) is 0. The number of fused-ring (bicyclic) bond motifs is 1. The summed E-state index contributed by atoms with van der Waals surface area (Å²) in [4.78, 5) is 0. The molecule has 0 spiro atoms. The Labute approximate surface area is 121 Å². The first-order valence-electron chi connectivity index (χ1n) is 6.10. The number of allylic oxidation sites excluding steroid dienone is 1. The van der Waals surface area contributed by atoms with Crippen LogP contribution in [0, 0.1) is 6.08 Å². The van der Waals surface area contributed by atoms with Gasteiger partial charge in [0.1, 0.15) is 0 Å². The van der Waals surface area contributed by atoms with Crippen molar-refractivity contribution >= 4 is 6.08 Å². The molecule has 0 aliphatic heterocycles. The predicted octanol–water partition coefficient (Wildman–Crippen LogP) is 1.57. The molecule has 0 aromatic heterocycles. The van der Waals surface area contributed by atoms with Gasteiger partial charge < -0.3 is 0 Å². The molecule has 1 aliphatic carbocycles. The smallest absolute Gasteiger partial charge is 0.268 e. The second-order valence-electron chi connectivity index (χ2n) is 4.34. The number of benzene rings is 1. The average molecular weight is 222 g/mol. The van der Waals surface area contributed by atoms with Gasteiger partial charge in [0.05, 0.1) is 0 Å². The molecule has 0 fully saturated rings. The summed E-state index contributed by atoms with van der Waals surface area (Å²) in [5, 5.41) is 0. The summed E-state index contributed by atoms with van der Waals surface area (Å²) in [5.41, 5.74) is 2.85. The van der Waals surface area contributed by atoms with E-state index in [-0.39, 0.29) is 29.6 Å². The Hall–Kier alpha value is -0.0400. The van der Waals surface area contributed by atoms with Gasteiger partial charge in [-0.15, -0.1) is 11.6 Å². The summed E-state index contributed by atoms with van der Waals surface area (Å²) < 4.78 is 0. The molecule has 0 saturated heterocycles. The Morgan fingerprint density at radius 3 is 2.75 bits per heavy atom. The van der Waals surface area contributed by atoms with Gasteiger partial charge in [0.15, 0.2) is 0 Å². The van der Waals surface area contributed by atoms with Crippen LogP contribution in [0.4, 0.5) is 0 Å². The van der Waals surface area contributed by atoms with Gasteiger partial charge in [-0.1, -0.05) is 63.1 Å². The van der Waals surface area contributed by atoms with Crippen molar-refractivity contribution in [2.45, 2.75) is 44.9 Å². The van der Waals surface area contributed by atoms with Crippen molar-refractivity contribution in [3.63, 3.8) is 0 Å². The van der Waals surface area contributed by atoms with E-state index in [0.717, 1.165) is 0 Å². The van der Waals surface area contributed by atoms with Gasteiger partial charge in [-0.3, -0.25) is 6.08 Å². The van der Waals surface area contributed by atoms with Crippen LogP contribution in [-0.2, 0) is 0 Å². The number of rotatable bonds is 5. The van der Waals surface area contributed by atoms with E-state index in [1.54, 1.807) is 0 Å². The Morgan fingerprint density at radius 2 is 1.94 bits per heavy atom. The molecular formula is C15H19Na. The molecule has 0 amide bonds. The van der Waals surface area contributed by atoms with Crippen LogP contribution in [0.2, 0.25) is 0 Å². The van der Waals surface area contributed by atoms with Crippen molar-refractivity contribution in [1.29, 1.82) is 0 Å². The molecule has 0 N–H and O–H groups in total. The van der Waals surface area contributed by atoms with Crippen LogP contribution in [-0.4, -0.2) is 0 Å². The van der Waals surface area contributed by atoms with Gasteiger partial charge in [0.2, 0.25) is 0 Å². The van der Waals surface area contributed by atoms with Crippen molar-refractivity contribution in [3.8, 4) is 0 Å². The van der Waals surface area contributed by atoms with Crippen molar-refractivity contribution in [2.75, 3.05) is 0 Å². The minimum absolute atomic E-state index is 0. The minimum atomic E-state index is 0. The van der Waals surface area contributed by atoms with Crippen molar-refractivity contribution < 1.29 is 29.6 Å². The van der Waals surface area contributed by atoms with Gasteiger partial charge >= 0.3 is 29.6 Å². The van der Waals surface area contributed by atoms with Crippen LogP contribution in [0.25, 0.3) is 6.08 Å². The average Bonchev–Trinajstić information content (AvgIpc) is 2.68. The van der Waals surface area contributed by atoms with E-state index in [1.807, 2.05) is 0 Å². The van der Waals surface area contributed by atoms with Gasteiger partial charge in [0, 0.05) is 0 Å². The molecule has 1 aliphatic rings. The zero-order chi connectivity index (χ0) is 10.5. The second-order valence-corrected chi connectivity index (χ2v) is 4.34. The molecule has 1 aromatic carbocycles. The van der Waals surface area contributed by atoms with E-state index in [2.05, 4.69) is 43.3 Å². The summed E-state index contributed by atoms with van der Waals surface area (Å²) >= 11 is 0. The SMILES string of the molecule is CCCCCCC1[C-]=Cc2ccccc21.[Na+]. The maximum atomic E-state index is 3.47. The summed E-state index contributed by atoms with van der Waals surface area (Å²) in [6, 6.07) is 8.68. The molecule has 0 heterocycles. The summed E-state index contributed by atoms with van der Waals surface area (Å²) in [6.07, 6.45) is 12.3. The standard InChI is InChI=1S/C15H19.Na/c1-2-3-4-5-8-13-11-12-14-9-6-7-10-15(13)14;/h6-7,9-10,12-13H,2-5,8H2,1H3;/q-1;+1. The fourth-order valence-corrected chi connectivity index (χ4v) is 2.25. The predicted molar refractivity (Wildman–Crippen MR) is 65.6 cm³/mol. The molecule has 1 unspecified atom stereocenters. The van der Waals surface area contributed by atoms with E-state index in [0.29, 0.717) is 5.92 Å². The van der Waals surface area contributed by atoms with Crippen LogP contribution in [0.5, 0.6) is 0 Å². The Morgan fingerprint density at radius 1 is 1.12 bits per heavy atom. The van der Waals surface area contributed by atoms with E-state index in [4.69, 9.17) is 0 Å². The molecule has 2 rings (SSSR count). The van der Waals surface area contributed by atoms with E-state index >= 15 is 0 Å². The van der Waals surface area contributed by atoms with Crippen LogP contribution in [0.3, 0.4) is 0 Å². The third kappa shape index (κ3) is 3.48. The van der Waals surface area contributed by atoms with E-state index in [9.17, 15) is 0 Å². The molecule has 0 nitrogen and oxygen atoms in total. The summed E-state index contributed by atoms with van der Waals surface area (Å²) in [6.45, 7) is 2.26. The number of unbranched alkanes of at least 4 members (excludes halogenated alkanes) is 3. The van der Waals surface area contributed by atoms with Gasteiger partial charge in [-0.05, 0) is 0 Å². The largest absolute Gasteiger partial charge is 1.00 e. The quantitative estimate of drug-likeness (QED) is 0.403. The van der Waals surface area contributed by atoms with Crippen LogP contribution < -0.4 is 29.6 Å². The molecule has 1 heteroatoms. The van der Waals surface area contributed by atoms with Gasteiger partial charge in [0.25, 0.3) is 0 Å². The third-order valence-corrected chi connectivity index (χ3v) is 3.16. The fourth-order valence-electron chi connectivity index (χ4n) is 2.25. The zero-order valence-electron chi connectivity index (χ0n) is 10.5. The first-order chi connectivity index (χ1) is 7.42. The van der Waals surface area contributed by atoms with Gasteiger partial charge in [-0.25, -0.2) is 6.08 Å². The molecule has 0 saturated carbocycles. The topological polar surface area (TPSA) is 0 Å². The molecular weight excluding hydrogens is 203 g/mol.